The Morgan fingerprint density at radius 1 is 0.980 bits per heavy atom. The third-order valence-electron chi connectivity index (χ3n) is 8.85. The molecule has 0 radical (unpaired) electrons. The number of rotatable bonds is 10. The first-order valence-corrected chi connectivity index (χ1v) is 18.9. The molecular weight excluding hydrogens is 681 g/mol. The maximum absolute atomic E-state index is 14.9. The SMILES string of the molecule is C.CCOc1ccc(C(C)(C)C#N)cc1C1=N[C@@H](c2ccc(Cl)cc2)[C@@H](c2ccc(Cl)cc2)N1C(=O)N1CCN(CCCS(C)(=O)=O)CC1. The Balaban J connectivity index is 0.00000541. The molecule has 3 aromatic rings. The average Bonchev–Trinajstić information content (AvgIpc) is 3.45. The fourth-order valence-electron chi connectivity index (χ4n) is 6.16. The minimum atomic E-state index is -3.04. The minimum Gasteiger partial charge on any atom is -0.493 e. The molecule has 5 rings (SSSR count). The number of carbonyl (C=O) groups excluding carboxylic acids is 1. The molecule has 3 aromatic carbocycles. The Bertz CT molecular complexity index is 1800. The number of amides is 2. The lowest BCUT2D eigenvalue weighted by molar-refractivity contribution is 0.119. The van der Waals surface area contributed by atoms with E-state index in [0.717, 1.165) is 16.7 Å². The topological polar surface area (TPSA) is 106 Å². The molecule has 2 atom stereocenters. The van der Waals surface area contributed by atoms with E-state index in [9.17, 15) is 18.5 Å². The standard InChI is InChI=1S/C36H41Cl2N5O4S.CH4/c1-5-47-31-16-11-27(36(2,3)24-39)23-30(31)34-40-32(25-7-12-28(37)13-8-25)33(26-9-14-29(38)15-10-26)43(34)35(44)42-20-18-41(19-21-42)17-6-22-48(4,45)46;/h7-16,23,32-33H,5-6,17-22H2,1-4H3;1H4/t32-,33+;/m0./s1. The molecule has 0 aromatic heterocycles. The van der Waals surface area contributed by atoms with Gasteiger partial charge in [-0.2, -0.15) is 5.26 Å². The first kappa shape index (κ1) is 38.2. The highest BCUT2D eigenvalue weighted by atomic mass is 35.5. The number of benzene rings is 3. The van der Waals surface area contributed by atoms with Gasteiger partial charge in [-0.15, -0.1) is 0 Å². The van der Waals surface area contributed by atoms with E-state index < -0.39 is 27.3 Å². The van der Waals surface area contributed by atoms with Gasteiger partial charge in [0.1, 0.15) is 27.5 Å². The first-order chi connectivity index (χ1) is 22.8. The lowest BCUT2D eigenvalue weighted by Gasteiger charge is -2.39. The molecule has 2 aliphatic rings. The van der Waals surface area contributed by atoms with E-state index >= 15 is 0 Å². The zero-order chi connectivity index (χ0) is 34.6. The van der Waals surface area contributed by atoms with Crippen LogP contribution in [0.2, 0.25) is 10.0 Å². The predicted octanol–water partition coefficient (Wildman–Crippen LogP) is 7.55. The van der Waals surface area contributed by atoms with Gasteiger partial charge in [-0.25, -0.2) is 13.2 Å². The van der Waals surface area contributed by atoms with Gasteiger partial charge in [0, 0.05) is 42.5 Å². The van der Waals surface area contributed by atoms with Crippen LogP contribution >= 0.6 is 23.2 Å². The molecule has 49 heavy (non-hydrogen) atoms. The third-order valence-corrected chi connectivity index (χ3v) is 10.4. The van der Waals surface area contributed by atoms with Crippen molar-refractivity contribution in [2.24, 2.45) is 4.99 Å². The third kappa shape index (κ3) is 8.95. The van der Waals surface area contributed by atoms with E-state index in [0.29, 0.717) is 72.9 Å². The molecule has 0 bridgehead atoms. The number of aliphatic imine (C=N–C) groups is 1. The smallest absolute Gasteiger partial charge is 0.326 e. The van der Waals surface area contributed by atoms with E-state index in [1.54, 1.807) is 4.90 Å². The minimum absolute atomic E-state index is 0. The second-order valence-corrected chi connectivity index (χ2v) is 15.9. The Kier molecular flexibility index (Phi) is 12.4. The summed E-state index contributed by atoms with van der Waals surface area (Å²) in [6, 6.07) is 21.8. The highest BCUT2D eigenvalue weighted by molar-refractivity contribution is 7.90. The van der Waals surface area contributed by atoms with Gasteiger partial charge in [-0.3, -0.25) is 14.8 Å². The lowest BCUT2D eigenvalue weighted by atomic mass is 9.85. The van der Waals surface area contributed by atoms with E-state index in [1.807, 2.05) is 92.4 Å². The van der Waals surface area contributed by atoms with Gasteiger partial charge in [0.05, 0.1) is 35.4 Å². The second-order valence-electron chi connectivity index (χ2n) is 12.8. The molecule has 0 aliphatic carbocycles. The Labute approximate surface area is 301 Å². The fraction of sp³-hybridized carbons (Fsp3) is 0.432. The van der Waals surface area contributed by atoms with Crippen molar-refractivity contribution in [3.63, 3.8) is 0 Å². The van der Waals surface area contributed by atoms with Crippen molar-refractivity contribution >= 4 is 44.9 Å². The van der Waals surface area contributed by atoms with E-state index in [2.05, 4.69) is 11.0 Å². The number of nitrogens with zero attached hydrogens (tertiary/aromatic N) is 5. The van der Waals surface area contributed by atoms with Crippen molar-refractivity contribution in [2.45, 2.75) is 52.1 Å². The van der Waals surface area contributed by atoms with Crippen molar-refractivity contribution in [1.82, 2.24) is 14.7 Å². The number of piperazine rings is 1. The molecule has 262 valence electrons. The molecule has 9 nitrogen and oxygen atoms in total. The van der Waals surface area contributed by atoms with Crippen LogP contribution in [0.3, 0.4) is 0 Å². The van der Waals surface area contributed by atoms with Gasteiger partial charge in [0.25, 0.3) is 0 Å². The maximum atomic E-state index is 14.9. The zero-order valence-corrected chi connectivity index (χ0v) is 30.0. The van der Waals surface area contributed by atoms with E-state index in [1.165, 1.54) is 6.26 Å². The van der Waals surface area contributed by atoms with Crippen molar-refractivity contribution in [2.75, 3.05) is 51.3 Å². The number of carbonyl (C=O) groups is 1. The molecule has 0 spiro atoms. The van der Waals surface area contributed by atoms with Crippen LogP contribution in [0.1, 0.15) is 69.0 Å². The van der Waals surface area contributed by atoms with Crippen LogP contribution < -0.4 is 4.74 Å². The van der Waals surface area contributed by atoms with E-state index in [4.69, 9.17) is 32.9 Å². The fourth-order valence-corrected chi connectivity index (χ4v) is 7.06. The summed E-state index contributed by atoms with van der Waals surface area (Å²) < 4.78 is 29.4. The number of urea groups is 1. The zero-order valence-electron chi connectivity index (χ0n) is 27.7. The summed E-state index contributed by atoms with van der Waals surface area (Å²) in [5, 5.41) is 11.2. The molecule has 2 heterocycles. The number of nitriles is 1. The molecule has 1 saturated heterocycles. The van der Waals surface area contributed by atoms with Gasteiger partial charge in [-0.1, -0.05) is 61.0 Å². The highest BCUT2D eigenvalue weighted by Gasteiger charge is 2.45. The van der Waals surface area contributed by atoms with Crippen molar-refractivity contribution in [3.05, 3.63) is 99.0 Å². The normalized spacial score (nSPS) is 18.4. The molecule has 2 amide bonds. The molecule has 0 saturated carbocycles. The molecule has 1 fully saturated rings. The van der Waals surface area contributed by atoms with Crippen LogP contribution in [0, 0.1) is 11.3 Å². The van der Waals surface area contributed by atoms with Gasteiger partial charge >= 0.3 is 6.03 Å². The molecule has 0 unspecified atom stereocenters. The van der Waals surface area contributed by atoms with Crippen LogP contribution in [0.4, 0.5) is 4.79 Å². The Morgan fingerprint density at radius 2 is 1.57 bits per heavy atom. The number of halogens is 2. The highest BCUT2D eigenvalue weighted by Crippen LogP contribution is 2.46. The quantitative estimate of drug-likeness (QED) is 0.214. The summed E-state index contributed by atoms with van der Waals surface area (Å²) >= 11 is 12.6. The van der Waals surface area contributed by atoms with Gasteiger partial charge in [-0.05, 0) is 86.8 Å². The van der Waals surface area contributed by atoms with Gasteiger partial charge in [0.2, 0.25) is 0 Å². The summed E-state index contributed by atoms with van der Waals surface area (Å²) in [4.78, 5) is 25.9. The summed E-state index contributed by atoms with van der Waals surface area (Å²) in [5.41, 5.74) is 2.35. The van der Waals surface area contributed by atoms with Crippen LogP contribution in [-0.4, -0.2) is 86.3 Å². The summed E-state index contributed by atoms with van der Waals surface area (Å²) in [7, 11) is -3.04. The molecular formula is C37H45Cl2N5O4S. The van der Waals surface area contributed by atoms with Crippen LogP contribution in [-0.2, 0) is 15.3 Å². The Morgan fingerprint density at radius 3 is 2.12 bits per heavy atom. The first-order valence-electron chi connectivity index (χ1n) is 16.1. The van der Waals surface area contributed by atoms with Gasteiger partial charge in [0.15, 0.2) is 0 Å². The number of hydrogen-bond donors (Lipinski definition) is 0. The average molecular weight is 727 g/mol. The lowest BCUT2D eigenvalue weighted by Crippen LogP contribution is -2.54. The summed E-state index contributed by atoms with van der Waals surface area (Å²) in [6.45, 7) is 8.85. The predicted molar refractivity (Wildman–Crippen MR) is 197 cm³/mol. The number of ether oxygens (including phenoxy) is 1. The Hall–Kier alpha value is -3.62. The van der Waals surface area contributed by atoms with Crippen LogP contribution in [0.15, 0.2) is 71.7 Å². The molecule has 12 heteroatoms. The largest absolute Gasteiger partial charge is 0.493 e. The summed E-state index contributed by atoms with van der Waals surface area (Å²) in [6.07, 6.45) is 1.80. The number of hydrogen-bond acceptors (Lipinski definition) is 7. The number of amidine groups is 1. The van der Waals surface area contributed by atoms with Gasteiger partial charge < -0.3 is 9.64 Å². The second kappa shape index (κ2) is 15.9. The monoisotopic (exact) mass is 725 g/mol. The molecule has 2 aliphatic heterocycles. The van der Waals surface area contributed by atoms with Crippen molar-refractivity contribution in [1.29, 1.82) is 5.26 Å². The maximum Gasteiger partial charge on any atom is 0.326 e. The van der Waals surface area contributed by atoms with Crippen molar-refractivity contribution in [3.8, 4) is 11.8 Å². The molecule has 0 N–H and O–H groups in total. The van der Waals surface area contributed by atoms with Crippen LogP contribution in [0.5, 0.6) is 5.75 Å². The number of sulfone groups is 1. The van der Waals surface area contributed by atoms with Crippen LogP contribution in [0.25, 0.3) is 0 Å². The van der Waals surface area contributed by atoms with Crippen molar-refractivity contribution < 1.29 is 17.9 Å². The summed E-state index contributed by atoms with van der Waals surface area (Å²) in [5.74, 6) is 1.15. The van der Waals surface area contributed by atoms with E-state index in [-0.39, 0.29) is 19.2 Å².